The van der Waals surface area contributed by atoms with E-state index < -0.39 is 0 Å². The smallest absolute Gasteiger partial charge is 0.228 e. The molecule has 0 aliphatic rings. The molecule has 1 aromatic carbocycles. The summed E-state index contributed by atoms with van der Waals surface area (Å²) in [4.78, 5) is 20.3. The lowest BCUT2D eigenvalue weighted by Gasteiger charge is -2.21. The highest BCUT2D eigenvalue weighted by molar-refractivity contribution is 7.20. The van der Waals surface area contributed by atoms with Gasteiger partial charge in [0, 0.05) is 25.0 Å². The maximum absolute atomic E-state index is 12.7. The first-order valence-electron chi connectivity index (χ1n) is 8.26. The Labute approximate surface area is 180 Å². The van der Waals surface area contributed by atoms with Crippen molar-refractivity contribution in [3.63, 3.8) is 0 Å². The highest BCUT2D eigenvalue weighted by atomic mass is 35.5. The first-order chi connectivity index (χ1) is 12.3. The van der Waals surface area contributed by atoms with Crippen molar-refractivity contribution in [2.24, 2.45) is 5.73 Å². The number of hydrogen-bond donors (Lipinski definition) is 1. The Kier molecular flexibility index (Phi) is 10.6. The second kappa shape index (κ2) is 12.1. The van der Waals surface area contributed by atoms with Crippen molar-refractivity contribution in [2.45, 2.75) is 12.8 Å². The monoisotopic (exact) mass is 443 g/mol. The minimum Gasteiger partial charge on any atom is -0.341 e. The zero-order chi connectivity index (χ0) is 17.5. The molecule has 27 heavy (non-hydrogen) atoms. The lowest BCUT2D eigenvalue weighted by atomic mass is 10.1. The lowest BCUT2D eigenvalue weighted by Crippen LogP contribution is -2.37. The largest absolute Gasteiger partial charge is 0.341 e. The number of thiophene rings is 1. The van der Waals surface area contributed by atoms with E-state index in [0.29, 0.717) is 26.1 Å². The molecule has 4 nitrogen and oxygen atoms in total. The van der Waals surface area contributed by atoms with Gasteiger partial charge in [-0.25, -0.2) is 4.98 Å². The quantitative estimate of drug-likeness (QED) is 0.564. The molecule has 1 amide bonds. The average Bonchev–Trinajstić information content (AvgIpc) is 3.31. The Balaban J connectivity index is 0.00000182. The summed E-state index contributed by atoms with van der Waals surface area (Å²) in [5.74, 6) is 0.0874. The second-order valence-electron chi connectivity index (χ2n) is 5.70. The molecule has 2 N–H and O–H groups in total. The summed E-state index contributed by atoms with van der Waals surface area (Å²) < 4.78 is 0. The second-order valence-corrected chi connectivity index (χ2v) is 7.51. The van der Waals surface area contributed by atoms with Gasteiger partial charge >= 0.3 is 0 Å². The van der Waals surface area contributed by atoms with E-state index in [-0.39, 0.29) is 30.7 Å². The van der Waals surface area contributed by atoms with Crippen LogP contribution in [0.15, 0.2) is 53.2 Å². The van der Waals surface area contributed by atoms with Crippen LogP contribution in [0.3, 0.4) is 0 Å². The van der Waals surface area contributed by atoms with Crippen LogP contribution < -0.4 is 5.73 Å². The van der Waals surface area contributed by atoms with Crippen LogP contribution in [0.5, 0.6) is 0 Å². The van der Waals surface area contributed by atoms with E-state index >= 15 is 0 Å². The lowest BCUT2D eigenvalue weighted by molar-refractivity contribution is -0.130. The van der Waals surface area contributed by atoms with Crippen molar-refractivity contribution in [3.8, 4) is 9.88 Å². The van der Waals surface area contributed by atoms with E-state index in [1.165, 1.54) is 5.56 Å². The number of halogens is 2. The van der Waals surface area contributed by atoms with Crippen LogP contribution in [0.2, 0.25) is 0 Å². The molecule has 2 heterocycles. The number of thiazole rings is 1. The molecule has 0 atom stereocenters. The summed E-state index contributed by atoms with van der Waals surface area (Å²) in [5, 5.41) is 4.99. The van der Waals surface area contributed by atoms with Crippen LogP contribution in [0.1, 0.15) is 11.3 Å². The van der Waals surface area contributed by atoms with Crippen molar-refractivity contribution in [2.75, 3.05) is 19.6 Å². The maximum Gasteiger partial charge on any atom is 0.228 e. The summed E-state index contributed by atoms with van der Waals surface area (Å²) in [6.07, 6.45) is 1.17. The zero-order valence-corrected chi connectivity index (χ0v) is 18.0. The Bertz CT molecular complexity index is 794. The average molecular weight is 444 g/mol. The van der Waals surface area contributed by atoms with Gasteiger partial charge in [0.1, 0.15) is 5.01 Å². The Morgan fingerprint density at radius 2 is 1.81 bits per heavy atom. The molecule has 2 aromatic heterocycles. The highest BCUT2D eigenvalue weighted by Gasteiger charge is 2.16. The van der Waals surface area contributed by atoms with Gasteiger partial charge < -0.3 is 10.6 Å². The highest BCUT2D eigenvalue weighted by Crippen LogP contribution is 2.28. The third-order valence-corrected chi connectivity index (χ3v) is 5.81. The molecule has 0 unspecified atom stereocenters. The van der Waals surface area contributed by atoms with Gasteiger partial charge in [0.05, 0.1) is 17.0 Å². The fraction of sp³-hybridized carbons (Fsp3) is 0.263. The van der Waals surface area contributed by atoms with Crippen molar-refractivity contribution < 1.29 is 4.79 Å². The zero-order valence-electron chi connectivity index (χ0n) is 14.7. The van der Waals surface area contributed by atoms with Crippen LogP contribution in [-0.4, -0.2) is 35.4 Å². The minimum absolute atomic E-state index is 0. The van der Waals surface area contributed by atoms with Gasteiger partial charge in [-0.15, -0.1) is 47.5 Å². The number of carbonyl (C=O) groups excluding carboxylic acids is 1. The molecule has 0 radical (unpaired) electrons. The predicted molar refractivity (Wildman–Crippen MR) is 119 cm³/mol. The van der Waals surface area contributed by atoms with E-state index in [1.807, 2.05) is 39.9 Å². The molecule has 0 saturated carbocycles. The molecule has 0 aliphatic carbocycles. The van der Waals surface area contributed by atoms with Gasteiger partial charge in [0.15, 0.2) is 0 Å². The molecular weight excluding hydrogens is 421 g/mol. The summed E-state index contributed by atoms with van der Waals surface area (Å²) in [7, 11) is 0. The van der Waals surface area contributed by atoms with Crippen molar-refractivity contribution in [1.82, 2.24) is 9.88 Å². The maximum atomic E-state index is 12.7. The number of carbonyl (C=O) groups is 1. The first kappa shape index (κ1) is 23.6. The molecular formula is C19H23Cl2N3OS2. The van der Waals surface area contributed by atoms with E-state index in [1.54, 1.807) is 22.7 Å². The summed E-state index contributed by atoms with van der Waals surface area (Å²) >= 11 is 3.25. The van der Waals surface area contributed by atoms with Gasteiger partial charge in [-0.2, -0.15) is 0 Å². The molecule has 0 bridgehead atoms. The van der Waals surface area contributed by atoms with Gasteiger partial charge in [-0.05, 0) is 23.4 Å². The van der Waals surface area contributed by atoms with Gasteiger partial charge in [0.25, 0.3) is 0 Å². The molecule has 0 spiro atoms. The third kappa shape index (κ3) is 6.90. The van der Waals surface area contributed by atoms with E-state index in [9.17, 15) is 4.79 Å². The van der Waals surface area contributed by atoms with Crippen LogP contribution >= 0.6 is 47.5 Å². The molecule has 0 fully saturated rings. The minimum atomic E-state index is 0. The van der Waals surface area contributed by atoms with Crippen LogP contribution in [0.4, 0.5) is 0 Å². The van der Waals surface area contributed by atoms with E-state index in [4.69, 9.17) is 5.73 Å². The van der Waals surface area contributed by atoms with Crippen LogP contribution in [-0.2, 0) is 17.6 Å². The molecule has 0 saturated heterocycles. The fourth-order valence-electron chi connectivity index (χ4n) is 2.59. The number of benzene rings is 1. The van der Waals surface area contributed by atoms with Gasteiger partial charge in [-0.1, -0.05) is 36.4 Å². The standard InChI is InChI=1S/C19H21N3OS2.2ClH/c20-9-11-22(10-8-15-5-2-1-3-6-15)18(23)13-16-14-25-19(21-16)17-7-4-12-24-17;;/h1-7,12,14H,8-11,13,20H2;2*1H. The van der Waals surface area contributed by atoms with Crippen LogP contribution in [0, 0.1) is 0 Å². The van der Waals surface area contributed by atoms with E-state index in [2.05, 4.69) is 23.2 Å². The normalized spacial score (nSPS) is 9.96. The van der Waals surface area contributed by atoms with E-state index in [0.717, 1.165) is 22.0 Å². The van der Waals surface area contributed by atoms with Crippen molar-refractivity contribution in [3.05, 3.63) is 64.5 Å². The Morgan fingerprint density at radius 1 is 1.04 bits per heavy atom. The van der Waals surface area contributed by atoms with Crippen molar-refractivity contribution in [1.29, 1.82) is 0 Å². The number of aromatic nitrogens is 1. The molecule has 8 heteroatoms. The molecule has 0 aliphatic heterocycles. The van der Waals surface area contributed by atoms with Gasteiger partial charge in [0.2, 0.25) is 5.91 Å². The van der Waals surface area contributed by atoms with Gasteiger partial charge in [-0.3, -0.25) is 4.79 Å². The van der Waals surface area contributed by atoms with Crippen LogP contribution in [0.25, 0.3) is 9.88 Å². The Hall–Kier alpha value is -1.44. The molecule has 3 aromatic rings. The fourth-order valence-corrected chi connectivity index (χ4v) is 4.23. The first-order valence-corrected chi connectivity index (χ1v) is 10.0. The number of rotatable bonds is 8. The number of nitrogens with zero attached hydrogens (tertiary/aromatic N) is 2. The van der Waals surface area contributed by atoms with Crippen molar-refractivity contribution >= 4 is 53.4 Å². The SMILES string of the molecule is Cl.Cl.NCCN(CCc1ccccc1)C(=O)Cc1csc(-c2cccs2)n1. The molecule has 3 rings (SSSR count). The third-order valence-electron chi connectivity index (χ3n) is 3.88. The number of nitrogens with two attached hydrogens (primary N) is 1. The number of hydrogen-bond acceptors (Lipinski definition) is 5. The predicted octanol–water partition coefficient (Wildman–Crippen LogP) is 4.29. The summed E-state index contributed by atoms with van der Waals surface area (Å²) in [6.45, 7) is 1.73. The summed E-state index contributed by atoms with van der Waals surface area (Å²) in [6, 6.07) is 14.3. The topological polar surface area (TPSA) is 59.2 Å². The Morgan fingerprint density at radius 3 is 2.48 bits per heavy atom. The molecule has 146 valence electrons. The summed E-state index contributed by atoms with van der Waals surface area (Å²) in [5.41, 5.74) is 7.75. The number of amides is 1.